The van der Waals surface area contributed by atoms with Crippen LogP contribution in [0.25, 0.3) is 0 Å². The highest BCUT2D eigenvalue weighted by atomic mass is 127. The number of hydrogen-bond donors (Lipinski definition) is 0. The summed E-state index contributed by atoms with van der Waals surface area (Å²) in [7, 11) is -1.79. The van der Waals surface area contributed by atoms with E-state index in [0.29, 0.717) is 19.8 Å². The minimum Gasteiger partial charge on any atom is -0.382 e. The molecule has 86 valence electrons. The average Bonchev–Trinajstić information content (AvgIpc) is 2.23. The lowest BCUT2D eigenvalue weighted by molar-refractivity contribution is 0.0510. The summed E-state index contributed by atoms with van der Waals surface area (Å²) >= 11 is 2.92. The van der Waals surface area contributed by atoms with E-state index >= 15 is 0 Å². The Balaban J connectivity index is 3.39. The van der Waals surface area contributed by atoms with Gasteiger partial charge < -0.3 is 9.47 Å². The summed E-state index contributed by atoms with van der Waals surface area (Å²) in [5.74, 6) is 0. The van der Waals surface area contributed by atoms with E-state index in [1.165, 1.54) is 46.0 Å². The topological polar surface area (TPSA) is 63.2 Å². The molecule has 0 spiro atoms. The fourth-order valence-corrected chi connectivity index (χ4v) is 2.99. The van der Waals surface area contributed by atoms with E-state index in [-0.39, 0.29) is 6.61 Å². The lowest BCUT2D eigenvalue weighted by Crippen LogP contribution is -2.07. The average molecular weight is 452 g/mol. The molecule has 0 aromatic carbocycles. The number of hydrogen-bond acceptors (Lipinski definition) is 6. The highest BCUT2D eigenvalue weighted by molar-refractivity contribution is 14.1. The Kier molecular flexibility index (Phi) is 10.7. The lowest BCUT2D eigenvalue weighted by atomic mass is 10.7. The zero-order valence-electron chi connectivity index (χ0n) is 7.48. The number of ether oxygens (including phenoxy) is 2. The Labute approximate surface area is 111 Å². The molecule has 0 aliphatic rings. The first-order valence-electron chi connectivity index (χ1n) is 3.60. The van der Waals surface area contributed by atoms with Gasteiger partial charge in [0.2, 0.25) is 0 Å². The predicted octanol–water partition coefficient (Wildman–Crippen LogP) is 2.51. The molecular formula is C5H11I2O6P. The van der Waals surface area contributed by atoms with Crippen molar-refractivity contribution in [3.63, 3.8) is 0 Å². The van der Waals surface area contributed by atoms with Crippen LogP contribution in [0.1, 0.15) is 0 Å². The van der Waals surface area contributed by atoms with Crippen molar-refractivity contribution < 1.29 is 24.3 Å². The van der Waals surface area contributed by atoms with Crippen LogP contribution in [0.5, 0.6) is 0 Å². The smallest absolute Gasteiger partial charge is 0.382 e. The van der Waals surface area contributed by atoms with Crippen molar-refractivity contribution in [2.45, 2.75) is 0 Å². The molecule has 0 aromatic rings. The van der Waals surface area contributed by atoms with Crippen molar-refractivity contribution in [3.05, 3.63) is 0 Å². The fraction of sp³-hybridized carbons (Fsp3) is 1.00. The third-order valence-electron chi connectivity index (χ3n) is 1.08. The van der Waals surface area contributed by atoms with Gasteiger partial charge in [0.05, 0.1) is 26.4 Å². The summed E-state index contributed by atoms with van der Waals surface area (Å²) in [6, 6.07) is 0. The molecule has 0 atom stereocenters. The summed E-state index contributed by atoms with van der Waals surface area (Å²) in [4.78, 5) is 0. The first-order chi connectivity index (χ1) is 6.68. The Morgan fingerprint density at radius 2 is 1.64 bits per heavy atom. The molecule has 0 N–H and O–H groups in total. The van der Waals surface area contributed by atoms with Crippen molar-refractivity contribution in [2.75, 3.05) is 33.5 Å². The van der Waals surface area contributed by atoms with E-state index in [0.717, 1.165) is 0 Å². The molecule has 0 saturated heterocycles. The third-order valence-corrected chi connectivity index (χ3v) is 4.81. The zero-order valence-corrected chi connectivity index (χ0v) is 12.7. The van der Waals surface area contributed by atoms with E-state index in [9.17, 15) is 4.57 Å². The van der Waals surface area contributed by atoms with Crippen LogP contribution in [0, 0.1) is 0 Å². The molecule has 0 aromatic heterocycles. The van der Waals surface area contributed by atoms with Crippen molar-refractivity contribution in [1.82, 2.24) is 0 Å². The molecule has 0 heterocycles. The van der Waals surface area contributed by atoms with Gasteiger partial charge in [0.1, 0.15) is 46.0 Å². The first kappa shape index (κ1) is 15.5. The van der Waals surface area contributed by atoms with E-state index in [2.05, 4.69) is 5.71 Å². The summed E-state index contributed by atoms with van der Waals surface area (Å²) in [6.45, 7) is 1.45. The maximum absolute atomic E-state index is 11.3. The number of phosphoric acid groups is 1. The molecule has 6 nitrogen and oxygen atoms in total. The summed E-state index contributed by atoms with van der Waals surface area (Å²) < 4.78 is 35.0. The first-order valence-corrected chi connectivity index (χ1v) is 6.82. The second-order valence-electron chi connectivity index (χ2n) is 2.02. The van der Waals surface area contributed by atoms with Crippen LogP contribution in [0.3, 0.4) is 0 Å². The van der Waals surface area contributed by atoms with Gasteiger partial charge in [-0.05, 0) is 0 Å². The number of halogens is 2. The van der Waals surface area contributed by atoms with E-state index in [4.69, 9.17) is 14.0 Å². The molecular weight excluding hydrogens is 441 g/mol. The van der Waals surface area contributed by atoms with Gasteiger partial charge in [0.15, 0.2) is 0 Å². The van der Waals surface area contributed by atoms with Gasteiger partial charge in [0, 0.05) is 7.11 Å². The van der Waals surface area contributed by atoms with Gasteiger partial charge in [-0.3, -0.25) is 4.52 Å². The van der Waals surface area contributed by atoms with Gasteiger partial charge in [-0.2, -0.15) is 0 Å². The highest BCUT2D eigenvalue weighted by Crippen LogP contribution is 2.53. The molecule has 14 heavy (non-hydrogen) atoms. The van der Waals surface area contributed by atoms with Gasteiger partial charge in [-0.1, -0.05) is 0 Å². The van der Waals surface area contributed by atoms with E-state index in [1.54, 1.807) is 7.11 Å². The summed E-state index contributed by atoms with van der Waals surface area (Å²) in [6.07, 6.45) is 0. The normalized spacial score (nSPS) is 11.9. The molecule has 0 aliphatic carbocycles. The fourth-order valence-electron chi connectivity index (χ4n) is 0.503. The van der Waals surface area contributed by atoms with Crippen LogP contribution < -0.4 is 0 Å². The Hall–Kier alpha value is 1.49. The SMILES string of the molecule is COCCOCCOP(=O)(OI)OI. The Morgan fingerprint density at radius 1 is 1.07 bits per heavy atom. The van der Waals surface area contributed by atoms with E-state index in [1.807, 2.05) is 0 Å². The Bertz CT molecular complexity index is 172. The molecule has 0 fully saturated rings. The van der Waals surface area contributed by atoms with Gasteiger partial charge >= 0.3 is 7.82 Å². The minimum atomic E-state index is -3.37. The largest absolute Gasteiger partial charge is 0.493 e. The van der Waals surface area contributed by atoms with Crippen molar-refractivity contribution in [2.24, 2.45) is 0 Å². The minimum absolute atomic E-state index is 0.146. The molecule has 9 heteroatoms. The molecule has 0 saturated carbocycles. The summed E-state index contributed by atoms with van der Waals surface area (Å²) in [5, 5.41) is 0. The van der Waals surface area contributed by atoms with Crippen LogP contribution in [0.2, 0.25) is 0 Å². The van der Waals surface area contributed by atoms with Crippen molar-refractivity contribution in [3.8, 4) is 0 Å². The maximum atomic E-state index is 11.3. The Morgan fingerprint density at radius 3 is 2.14 bits per heavy atom. The molecule has 0 aliphatic heterocycles. The van der Waals surface area contributed by atoms with Crippen LogP contribution in [-0.4, -0.2) is 33.5 Å². The van der Waals surface area contributed by atoms with Gasteiger partial charge in [-0.25, -0.2) is 10.3 Å². The lowest BCUT2D eigenvalue weighted by Gasteiger charge is -2.10. The summed E-state index contributed by atoms with van der Waals surface area (Å²) in [5.41, 5.74) is 0. The van der Waals surface area contributed by atoms with Gasteiger partial charge in [0.25, 0.3) is 0 Å². The van der Waals surface area contributed by atoms with Crippen LogP contribution in [0.15, 0.2) is 0 Å². The second-order valence-corrected chi connectivity index (χ2v) is 5.82. The van der Waals surface area contributed by atoms with E-state index < -0.39 is 7.82 Å². The second kappa shape index (κ2) is 9.70. The molecule has 0 rings (SSSR count). The van der Waals surface area contributed by atoms with Crippen molar-refractivity contribution in [1.29, 1.82) is 0 Å². The maximum Gasteiger partial charge on any atom is 0.493 e. The van der Waals surface area contributed by atoms with Gasteiger partial charge in [-0.15, -0.1) is 0 Å². The monoisotopic (exact) mass is 452 g/mol. The van der Waals surface area contributed by atoms with Crippen LogP contribution in [-0.2, 0) is 24.3 Å². The zero-order chi connectivity index (χ0) is 10.9. The highest BCUT2D eigenvalue weighted by Gasteiger charge is 2.24. The third kappa shape index (κ3) is 7.74. The standard InChI is InChI=1S/C5H11I2O6P/c1-9-2-3-10-4-5-11-14(8,12-6)13-7/h2-5H2,1H3. The molecule has 0 unspecified atom stereocenters. The molecule has 0 amide bonds. The number of rotatable bonds is 9. The quantitative estimate of drug-likeness (QED) is 0.305. The molecule has 0 radical (unpaired) electrons. The molecule has 0 bridgehead atoms. The van der Waals surface area contributed by atoms with Crippen LogP contribution >= 0.6 is 53.8 Å². The number of methoxy groups -OCH3 is 1. The van der Waals surface area contributed by atoms with Crippen LogP contribution in [0.4, 0.5) is 0 Å². The van der Waals surface area contributed by atoms with Crippen molar-refractivity contribution >= 4 is 53.8 Å². The predicted molar refractivity (Wildman–Crippen MR) is 66.5 cm³/mol.